The van der Waals surface area contributed by atoms with Gasteiger partial charge in [0.25, 0.3) is 0 Å². The zero-order valence-electron chi connectivity index (χ0n) is 10.0. The van der Waals surface area contributed by atoms with Crippen molar-refractivity contribution in [1.82, 2.24) is 4.98 Å². The van der Waals surface area contributed by atoms with Gasteiger partial charge in [-0.3, -0.25) is 0 Å². The van der Waals surface area contributed by atoms with Crippen LogP contribution in [0.5, 0.6) is 0 Å². The fourth-order valence-electron chi connectivity index (χ4n) is 1.49. The summed E-state index contributed by atoms with van der Waals surface area (Å²) in [6.07, 6.45) is 0. The Kier molecular flexibility index (Phi) is 3.91. The molecule has 0 aromatic carbocycles. The Morgan fingerprint density at radius 3 is 2.89 bits per heavy atom. The Labute approximate surface area is 119 Å². The summed E-state index contributed by atoms with van der Waals surface area (Å²) in [5.41, 5.74) is 0.0269. The topological polar surface area (TPSA) is 48.7 Å². The van der Waals surface area contributed by atoms with Crippen LogP contribution in [0.15, 0.2) is 17.5 Å². The van der Waals surface area contributed by atoms with E-state index in [2.05, 4.69) is 41.7 Å². The lowest BCUT2D eigenvalue weighted by molar-refractivity contribution is 0.569. The lowest BCUT2D eigenvalue weighted by atomic mass is 9.91. The molecule has 0 radical (unpaired) electrons. The summed E-state index contributed by atoms with van der Waals surface area (Å²) in [7, 11) is 0. The highest BCUT2D eigenvalue weighted by Crippen LogP contribution is 2.30. The van der Waals surface area contributed by atoms with Crippen LogP contribution in [0.3, 0.4) is 0 Å². The van der Waals surface area contributed by atoms with Gasteiger partial charge in [-0.2, -0.15) is 5.26 Å². The minimum atomic E-state index is 0.0269. The van der Waals surface area contributed by atoms with Crippen molar-refractivity contribution in [3.8, 4) is 6.07 Å². The van der Waals surface area contributed by atoms with Crippen LogP contribution >= 0.6 is 34.3 Å². The molecule has 0 atom stereocenters. The molecule has 18 heavy (non-hydrogen) atoms. The summed E-state index contributed by atoms with van der Waals surface area (Å²) in [5.74, 6) is 0. The lowest BCUT2D eigenvalue weighted by Crippen LogP contribution is -2.26. The highest BCUT2D eigenvalue weighted by molar-refractivity contribution is 7.16. The van der Waals surface area contributed by atoms with Crippen LogP contribution < -0.4 is 5.32 Å². The molecule has 3 nitrogen and oxygen atoms in total. The standard InChI is InChI=1S/C12H12ClN3S2/c1-12(2,9-4-3-5-17-9)7-15-11-16-10(13)8(6-14)18-11/h3-5H,7H2,1-2H3,(H,15,16). The predicted molar refractivity (Wildman–Crippen MR) is 77.7 cm³/mol. The zero-order valence-corrected chi connectivity index (χ0v) is 12.4. The van der Waals surface area contributed by atoms with Crippen LogP contribution in [0.4, 0.5) is 5.13 Å². The average Bonchev–Trinajstić information content (AvgIpc) is 2.95. The second-order valence-electron chi connectivity index (χ2n) is 4.47. The SMILES string of the molecule is CC(C)(CNc1nc(Cl)c(C#N)s1)c1cccs1. The highest BCUT2D eigenvalue weighted by atomic mass is 35.5. The first-order chi connectivity index (χ1) is 8.53. The van der Waals surface area contributed by atoms with E-state index in [0.717, 1.165) is 6.54 Å². The molecule has 2 heterocycles. The molecule has 0 amide bonds. The van der Waals surface area contributed by atoms with Gasteiger partial charge in [-0.15, -0.1) is 11.3 Å². The van der Waals surface area contributed by atoms with Crippen LogP contribution in [-0.4, -0.2) is 11.5 Å². The molecule has 0 aliphatic heterocycles. The second kappa shape index (κ2) is 5.27. The molecule has 0 aliphatic rings. The van der Waals surface area contributed by atoms with E-state index < -0.39 is 0 Å². The molecule has 2 rings (SSSR count). The Morgan fingerprint density at radius 2 is 2.33 bits per heavy atom. The van der Waals surface area contributed by atoms with Crippen LogP contribution in [-0.2, 0) is 5.41 Å². The van der Waals surface area contributed by atoms with E-state index in [-0.39, 0.29) is 10.6 Å². The molecule has 0 aliphatic carbocycles. The monoisotopic (exact) mass is 297 g/mol. The van der Waals surface area contributed by atoms with Gasteiger partial charge < -0.3 is 5.32 Å². The highest BCUT2D eigenvalue weighted by Gasteiger charge is 2.22. The van der Waals surface area contributed by atoms with Gasteiger partial charge in [-0.1, -0.05) is 42.9 Å². The van der Waals surface area contributed by atoms with Crippen molar-refractivity contribution in [3.63, 3.8) is 0 Å². The summed E-state index contributed by atoms with van der Waals surface area (Å²) < 4.78 is 0. The van der Waals surface area contributed by atoms with E-state index in [4.69, 9.17) is 16.9 Å². The number of thiazole rings is 1. The third-order valence-corrected chi connectivity index (χ3v) is 5.10. The molecule has 0 saturated carbocycles. The first-order valence-electron chi connectivity index (χ1n) is 5.37. The Bertz CT molecular complexity index is 567. The van der Waals surface area contributed by atoms with E-state index in [1.165, 1.54) is 16.2 Å². The molecule has 6 heteroatoms. The summed E-state index contributed by atoms with van der Waals surface area (Å²) in [5, 5.41) is 15.1. The van der Waals surface area contributed by atoms with Gasteiger partial charge in [0.1, 0.15) is 10.9 Å². The van der Waals surface area contributed by atoms with Crippen LogP contribution in [0.1, 0.15) is 23.6 Å². The van der Waals surface area contributed by atoms with Crippen LogP contribution in [0.2, 0.25) is 5.15 Å². The molecular weight excluding hydrogens is 286 g/mol. The van der Waals surface area contributed by atoms with Gasteiger partial charge in [0, 0.05) is 16.8 Å². The summed E-state index contributed by atoms with van der Waals surface area (Å²) in [6, 6.07) is 6.20. The number of hydrogen-bond donors (Lipinski definition) is 1. The number of thiophene rings is 1. The molecule has 0 spiro atoms. The van der Waals surface area contributed by atoms with Crippen molar-refractivity contribution in [3.05, 3.63) is 32.4 Å². The molecule has 2 aromatic heterocycles. The number of anilines is 1. The number of nitriles is 1. The van der Waals surface area contributed by atoms with Crippen molar-refractivity contribution in [2.75, 3.05) is 11.9 Å². The van der Waals surface area contributed by atoms with Crippen LogP contribution in [0.25, 0.3) is 0 Å². The number of hydrogen-bond acceptors (Lipinski definition) is 5. The maximum absolute atomic E-state index is 8.82. The average molecular weight is 298 g/mol. The van der Waals surface area contributed by atoms with E-state index in [9.17, 15) is 0 Å². The number of halogens is 1. The van der Waals surface area contributed by atoms with Crippen molar-refractivity contribution in [1.29, 1.82) is 5.26 Å². The maximum atomic E-state index is 8.82. The third-order valence-electron chi connectivity index (χ3n) is 2.56. The number of nitrogens with zero attached hydrogens (tertiary/aromatic N) is 2. The van der Waals surface area contributed by atoms with Gasteiger partial charge in [-0.25, -0.2) is 4.98 Å². The molecule has 1 N–H and O–H groups in total. The van der Waals surface area contributed by atoms with Gasteiger partial charge in [0.2, 0.25) is 0 Å². The Hall–Kier alpha value is -1.09. The first-order valence-corrected chi connectivity index (χ1v) is 7.44. The fraction of sp³-hybridized carbons (Fsp3) is 0.333. The molecule has 0 bridgehead atoms. The molecule has 0 unspecified atom stereocenters. The molecule has 94 valence electrons. The molecule has 0 saturated heterocycles. The largest absolute Gasteiger partial charge is 0.361 e. The van der Waals surface area contributed by atoms with Crippen LogP contribution in [0, 0.1) is 11.3 Å². The Balaban J connectivity index is 2.05. The quantitative estimate of drug-likeness (QED) is 0.923. The fourth-order valence-corrected chi connectivity index (χ4v) is 3.29. The number of nitrogens with one attached hydrogen (secondary N) is 1. The second-order valence-corrected chi connectivity index (χ2v) is 6.77. The normalized spacial score (nSPS) is 11.2. The number of aromatic nitrogens is 1. The summed E-state index contributed by atoms with van der Waals surface area (Å²) >= 11 is 8.86. The number of rotatable bonds is 4. The van der Waals surface area contributed by atoms with Gasteiger partial charge in [0.15, 0.2) is 10.3 Å². The maximum Gasteiger partial charge on any atom is 0.185 e. The summed E-state index contributed by atoms with van der Waals surface area (Å²) in [4.78, 5) is 5.89. The van der Waals surface area contributed by atoms with Gasteiger partial charge >= 0.3 is 0 Å². The molecular formula is C12H12ClN3S2. The third kappa shape index (κ3) is 2.83. The van der Waals surface area contributed by atoms with E-state index >= 15 is 0 Å². The van der Waals surface area contributed by atoms with Gasteiger partial charge in [0.05, 0.1) is 0 Å². The smallest absolute Gasteiger partial charge is 0.185 e. The minimum Gasteiger partial charge on any atom is -0.361 e. The van der Waals surface area contributed by atoms with Crippen molar-refractivity contribution >= 4 is 39.4 Å². The lowest BCUT2D eigenvalue weighted by Gasteiger charge is -2.23. The Morgan fingerprint density at radius 1 is 1.56 bits per heavy atom. The first kappa shape index (κ1) is 13.3. The van der Waals surface area contributed by atoms with E-state index in [1.54, 1.807) is 11.3 Å². The zero-order chi connectivity index (χ0) is 13.2. The minimum absolute atomic E-state index is 0.0269. The van der Waals surface area contributed by atoms with E-state index in [0.29, 0.717) is 10.0 Å². The predicted octanol–water partition coefficient (Wildman–Crippen LogP) is 4.12. The summed E-state index contributed by atoms with van der Waals surface area (Å²) in [6.45, 7) is 5.10. The molecule has 0 fully saturated rings. The van der Waals surface area contributed by atoms with Crippen molar-refractivity contribution in [2.24, 2.45) is 0 Å². The van der Waals surface area contributed by atoms with Gasteiger partial charge in [-0.05, 0) is 11.4 Å². The van der Waals surface area contributed by atoms with E-state index in [1.807, 2.05) is 6.07 Å². The molecule has 2 aromatic rings. The van der Waals surface area contributed by atoms with Crippen molar-refractivity contribution < 1.29 is 0 Å². The van der Waals surface area contributed by atoms with Crippen molar-refractivity contribution in [2.45, 2.75) is 19.3 Å².